The lowest BCUT2D eigenvalue weighted by molar-refractivity contribution is 0.629. The van der Waals surface area contributed by atoms with E-state index in [4.69, 9.17) is 15.0 Å². The van der Waals surface area contributed by atoms with Gasteiger partial charge in [-0.3, -0.25) is 0 Å². The average Bonchev–Trinajstić information content (AvgIpc) is 3.52. The van der Waals surface area contributed by atoms with Crippen molar-refractivity contribution in [1.82, 2.24) is 15.0 Å². The van der Waals surface area contributed by atoms with Crippen LogP contribution in [0, 0.1) is 0 Å². The van der Waals surface area contributed by atoms with Crippen molar-refractivity contribution in [1.29, 1.82) is 0 Å². The van der Waals surface area contributed by atoms with E-state index in [0.29, 0.717) is 23.4 Å². The molecule has 3 nitrogen and oxygen atoms in total. The van der Waals surface area contributed by atoms with E-state index in [1.54, 1.807) is 0 Å². The molecule has 1 aliphatic rings. The second kappa shape index (κ2) is 13.4. The minimum Gasteiger partial charge on any atom is -0.208 e. The minimum absolute atomic E-state index is 0.440. The van der Waals surface area contributed by atoms with E-state index in [9.17, 15) is 0 Å². The van der Waals surface area contributed by atoms with E-state index in [0.717, 1.165) is 36.0 Å². The molecule has 53 heavy (non-hydrogen) atoms. The summed E-state index contributed by atoms with van der Waals surface area (Å²) in [6.07, 6.45) is 3.25. The summed E-state index contributed by atoms with van der Waals surface area (Å²) in [5.41, 5.74) is 12.5. The fourth-order valence-corrected chi connectivity index (χ4v) is 9.12. The fraction of sp³-hybridized carbons (Fsp3) is 0.0816. The molecule has 252 valence electrons. The van der Waals surface area contributed by atoms with Crippen molar-refractivity contribution in [3.05, 3.63) is 187 Å². The second-order valence-corrected chi connectivity index (χ2v) is 15.0. The van der Waals surface area contributed by atoms with Crippen LogP contribution in [0.15, 0.2) is 170 Å². The molecule has 0 N–H and O–H groups in total. The van der Waals surface area contributed by atoms with Crippen LogP contribution in [-0.2, 0) is 12.8 Å². The normalized spacial score (nSPS) is 13.8. The summed E-state index contributed by atoms with van der Waals surface area (Å²) in [6.45, 7) is 0. The predicted octanol–water partition coefficient (Wildman–Crippen LogP) is 12.8. The standard InChI is InChI=1S/C49H35N3S/c1-4-13-32(14-5-1)29-36-24-23-33-15-10-11-20-39(33)46-40(36)21-12-22-41(46)37-25-27-44-42(30-37)43-31-38(26-28-45(43)53-44)49-51-47(34-16-6-2-7-17-34)50-48(52-49)35-18-8-3-9-19-35/h1-22,25-28,30-31,36H,23-24,29H2. The Balaban J connectivity index is 1.12. The number of hydrogen-bond donors (Lipinski definition) is 0. The van der Waals surface area contributed by atoms with Crippen LogP contribution in [-0.4, -0.2) is 15.0 Å². The number of aryl methyl sites for hydroxylation is 1. The molecule has 0 fully saturated rings. The third-order valence-electron chi connectivity index (χ3n) is 10.6. The van der Waals surface area contributed by atoms with Crippen molar-refractivity contribution in [2.45, 2.75) is 25.2 Å². The lowest BCUT2D eigenvalue weighted by Crippen LogP contribution is -2.04. The van der Waals surface area contributed by atoms with E-state index in [-0.39, 0.29) is 0 Å². The first-order valence-electron chi connectivity index (χ1n) is 18.3. The van der Waals surface area contributed by atoms with Gasteiger partial charge < -0.3 is 0 Å². The van der Waals surface area contributed by atoms with Crippen LogP contribution in [0.4, 0.5) is 0 Å². The Bertz CT molecular complexity index is 2700. The fourth-order valence-electron chi connectivity index (χ4n) is 8.05. The number of aromatic nitrogens is 3. The van der Waals surface area contributed by atoms with E-state index in [1.165, 1.54) is 59.1 Å². The lowest BCUT2D eigenvalue weighted by Gasteiger charge is -2.21. The molecule has 0 radical (unpaired) electrons. The molecular formula is C49H35N3S. The first-order chi connectivity index (χ1) is 26.2. The van der Waals surface area contributed by atoms with Crippen LogP contribution in [0.1, 0.15) is 29.0 Å². The van der Waals surface area contributed by atoms with E-state index < -0.39 is 0 Å². The number of fused-ring (bicyclic) bond motifs is 6. The van der Waals surface area contributed by atoms with Gasteiger partial charge in [0, 0.05) is 36.9 Å². The van der Waals surface area contributed by atoms with Crippen LogP contribution in [0.2, 0.25) is 0 Å². The van der Waals surface area contributed by atoms with E-state index >= 15 is 0 Å². The third-order valence-corrected chi connectivity index (χ3v) is 11.8. The number of benzene rings is 7. The van der Waals surface area contributed by atoms with Crippen molar-refractivity contribution in [2.75, 3.05) is 0 Å². The first-order valence-corrected chi connectivity index (χ1v) is 19.2. The third kappa shape index (κ3) is 5.91. The Morgan fingerprint density at radius 3 is 1.70 bits per heavy atom. The van der Waals surface area contributed by atoms with Gasteiger partial charge in [-0.05, 0) is 94.5 Å². The maximum absolute atomic E-state index is 5.03. The van der Waals surface area contributed by atoms with Crippen molar-refractivity contribution < 1.29 is 0 Å². The molecule has 0 amide bonds. The Labute approximate surface area is 313 Å². The molecule has 7 aromatic carbocycles. The molecule has 10 rings (SSSR count). The Kier molecular flexibility index (Phi) is 7.96. The zero-order valence-corrected chi connectivity index (χ0v) is 29.9. The molecule has 0 spiro atoms. The van der Waals surface area contributed by atoms with E-state index in [2.05, 4.69) is 133 Å². The molecule has 0 saturated heterocycles. The SMILES string of the molecule is c1ccc(CC2CCc3ccccc3-c3c(-c4ccc5sc6ccc(-c7nc(-c8ccccc8)nc(-c8ccccc8)n7)cc6c5c4)cccc32)cc1. The van der Waals surface area contributed by atoms with Crippen molar-refractivity contribution in [3.63, 3.8) is 0 Å². The van der Waals surface area contributed by atoms with Crippen molar-refractivity contribution in [2.24, 2.45) is 0 Å². The summed E-state index contributed by atoms with van der Waals surface area (Å²) in [6, 6.07) is 61.0. The predicted molar refractivity (Wildman–Crippen MR) is 221 cm³/mol. The molecule has 1 unspecified atom stereocenters. The average molecular weight is 698 g/mol. The second-order valence-electron chi connectivity index (χ2n) is 13.9. The minimum atomic E-state index is 0.440. The van der Waals surface area contributed by atoms with Gasteiger partial charge in [-0.15, -0.1) is 11.3 Å². The van der Waals surface area contributed by atoms with Gasteiger partial charge in [-0.25, -0.2) is 15.0 Å². The molecule has 2 aromatic heterocycles. The topological polar surface area (TPSA) is 38.7 Å². The molecular weight excluding hydrogens is 663 g/mol. The van der Waals surface area contributed by atoms with Gasteiger partial charge in [0.2, 0.25) is 0 Å². The van der Waals surface area contributed by atoms with E-state index in [1.807, 2.05) is 47.7 Å². The lowest BCUT2D eigenvalue weighted by atomic mass is 9.83. The molecule has 1 atom stereocenters. The van der Waals surface area contributed by atoms with Gasteiger partial charge in [0.15, 0.2) is 17.5 Å². The highest BCUT2D eigenvalue weighted by molar-refractivity contribution is 7.25. The Hall–Kier alpha value is -6.23. The summed E-state index contributed by atoms with van der Waals surface area (Å²) < 4.78 is 2.53. The van der Waals surface area contributed by atoms with Crippen LogP contribution < -0.4 is 0 Å². The van der Waals surface area contributed by atoms with Crippen LogP contribution in [0.25, 0.3) is 76.6 Å². The van der Waals surface area contributed by atoms with Gasteiger partial charge in [-0.2, -0.15) is 0 Å². The summed E-state index contributed by atoms with van der Waals surface area (Å²) >= 11 is 1.84. The smallest absolute Gasteiger partial charge is 0.164 e. The Morgan fingerprint density at radius 2 is 1.02 bits per heavy atom. The summed E-state index contributed by atoms with van der Waals surface area (Å²) in [7, 11) is 0. The quantitative estimate of drug-likeness (QED) is 0.174. The van der Waals surface area contributed by atoms with Crippen LogP contribution in [0.3, 0.4) is 0 Å². The van der Waals surface area contributed by atoms with Crippen LogP contribution >= 0.6 is 11.3 Å². The van der Waals surface area contributed by atoms with Gasteiger partial charge in [0.25, 0.3) is 0 Å². The monoisotopic (exact) mass is 697 g/mol. The number of thiophene rings is 1. The van der Waals surface area contributed by atoms with Crippen LogP contribution in [0.5, 0.6) is 0 Å². The molecule has 0 aliphatic heterocycles. The highest BCUT2D eigenvalue weighted by Crippen LogP contribution is 2.46. The zero-order chi connectivity index (χ0) is 35.1. The molecule has 2 heterocycles. The highest BCUT2D eigenvalue weighted by atomic mass is 32.1. The molecule has 0 saturated carbocycles. The highest BCUT2D eigenvalue weighted by Gasteiger charge is 2.25. The van der Waals surface area contributed by atoms with Gasteiger partial charge in [0.1, 0.15) is 0 Å². The summed E-state index contributed by atoms with van der Waals surface area (Å²) in [5, 5.41) is 2.47. The van der Waals surface area contributed by atoms with Gasteiger partial charge in [-0.1, -0.05) is 140 Å². The number of rotatable bonds is 6. The van der Waals surface area contributed by atoms with Gasteiger partial charge >= 0.3 is 0 Å². The molecule has 1 aliphatic carbocycles. The zero-order valence-electron chi connectivity index (χ0n) is 29.1. The maximum Gasteiger partial charge on any atom is 0.164 e. The van der Waals surface area contributed by atoms with Crippen molar-refractivity contribution in [3.8, 4) is 56.4 Å². The Morgan fingerprint density at radius 1 is 0.472 bits per heavy atom. The van der Waals surface area contributed by atoms with Crippen molar-refractivity contribution >= 4 is 31.5 Å². The van der Waals surface area contributed by atoms with Gasteiger partial charge in [0.05, 0.1) is 0 Å². The first kappa shape index (κ1) is 31.5. The number of nitrogens with zero attached hydrogens (tertiary/aromatic N) is 3. The largest absolute Gasteiger partial charge is 0.208 e. The number of hydrogen-bond acceptors (Lipinski definition) is 4. The molecule has 0 bridgehead atoms. The maximum atomic E-state index is 5.03. The summed E-state index contributed by atoms with van der Waals surface area (Å²) in [4.78, 5) is 15.0. The molecule has 4 heteroatoms. The summed E-state index contributed by atoms with van der Waals surface area (Å²) in [5.74, 6) is 2.45. The molecule has 9 aromatic rings.